The maximum atomic E-state index is 13.0. The molecule has 6 nitrogen and oxygen atoms in total. The molecule has 0 aromatic carbocycles. The number of hydrogen-bond donors (Lipinski definition) is 0. The maximum absolute atomic E-state index is 13.0. The molecule has 1 aliphatic heterocycles. The van der Waals surface area contributed by atoms with Crippen LogP contribution in [-0.2, 0) is 4.79 Å². The van der Waals surface area contributed by atoms with Crippen molar-refractivity contribution in [1.29, 1.82) is 5.26 Å². The molecule has 5 rings (SSSR count). The van der Waals surface area contributed by atoms with E-state index in [9.17, 15) is 9.18 Å². The van der Waals surface area contributed by atoms with E-state index in [-0.39, 0.29) is 5.91 Å². The lowest BCUT2D eigenvalue weighted by Gasteiger charge is -2.16. The Morgan fingerprint density at radius 2 is 2.00 bits per heavy atom. The van der Waals surface area contributed by atoms with Gasteiger partial charge in [0.2, 0.25) is 11.9 Å². The van der Waals surface area contributed by atoms with Crippen LogP contribution < -0.4 is 4.90 Å². The standard InChI is InChI=1S/C17H12FN5O.C3H6/c18-16-2-1-12(9-20-16)13-7-15-14(3-5-21-23(15)10-13)22-6-4-11(8-19)17(22)24;1-2-3-1/h1-3,5,7,9-11H,4,6H2;1-3H2. The maximum Gasteiger partial charge on any atom is 0.244 e. The second-order valence-electron chi connectivity index (χ2n) is 6.67. The van der Waals surface area contributed by atoms with E-state index in [0.29, 0.717) is 18.7 Å². The number of carbonyl (C=O) groups excluding carboxylic acids is 1. The van der Waals surface area contributed by atoms with E-state index < -0.39 is 11.9 Å². The molecule has 3 aromatic heterocycles. The average Bonchev–Trinajstić information content (AvgIpc) is 3.43. The van der Waals surface area contributed by atoms with Gasteiger partial charge in [0.1, 0.15) is 5.92 Å². The van der Waals surface area contributed by atoms with Gasteiger partial charge in [0.25, 0.3) is 0 Å². The first-order valence-corrected chi connectivity index (χ1v) is 8.97. The fourth-order valence-corrected chi connectivity index (χ4v) is 2.97. The minimum absolute atomic E-state index is 0.184. The molecule has 1 saturated heterocycles. The third-order valence-electron chi connectivity index (χ3n) is 4.55. The molecule has 2 aliphatic rings. The molecule has 1 atom stereocenters. The van der Waals surface area contributed by atoms with Gasteiger partial charge in [-0.1, -0.05) is 19.3 Å². The second-order valence-corrected chi connectivity index (χ2v) is 6.67. The van der Waals surface area contributed by atoms with Crippen molar-refractivity contribution in [3.8, 4) is 17.2 Å². The van der Waals surface area contributed by atoms with Gasteiger partial charge < -0.3 is 4.90 Å². The Labute approximate surface area is 155 Å². The van der Waals surface area contributed by atoms with Crippen molar-refractivity contribution in [3.63, 3.8) is 0 Å². The Balaban J connectivity index is 0.000000547. The zero-order valence-electron chi connectivity index (χ0n) is 14.7. The molecule has 0 bridgehead atoms. The van der Waals surface area contributed by atoms with Crippen molar-refractivity contribution in [1.82, 2.24) is 14.6 Å². The predicted molar refractivity (Wildman–Crippen MR) is 98.3 cm³/mol. The van der Waals surface area contributed by atoms with E-state index in [1.165, 1.54) is 31.5 Å². The van der Waals surface area contributed by atoms with Crippen molar-refractivity contribution in [2.45, 2.75) is 25.7 Å². The third kappa shape index (κ3) is 3.51. The summed E-state index contributed by atoms with van der Waals surface area (Å²) in [4.78, 5) is 17.6. The van der Waals surface area contributed by atoms with Crippen molar-refractivity contribution in [2.75, 3.05) is 11.4 Å². The first-order valence-electron chi connectivity index (χ1n) is 8.97. The summed E-state index contributed by atoms with van der Waals surface area (Å²) in [5, 5.41) is 13.3. The molecule has 1 amide bonds. The number of nitrogens with zero attached hydrogens (tertiary/aromatic N) is 5. The van der Waals surface area contributed by atoms with Crippen LogP contribution in [0.25, 0.3) is 16.6 Å². The molecule has 27 heavy (non-hydrogen) atoms. The van der Waals surface area contributed by atoms with Gasteiger partial charge in [-0.25, -0.2) is 9.50 Å². The van der Waals surface area contributed by atoms with Gasteiger partial charge in [-0.2, -0.15) is 14.8 Å². The Bertz CT molecular complexity index is 1020. The first kappa shape index (κ1) is 17.2. The Morgan fingerprint density at radius 1 is 1.19 bits per heavy atom. The van der Waals surface area contributed by atoms with Crippen molar-refractivity contribution in [3.05, 3.63) is 48.8 Å². The Hall–Kier alpha value is -3.27. The van der Waals surface area contributed by atoms with Crippen LogP contribution in [0.4, 0.5) is 10.1 Å². The van der Waals surface area contributed by atoms with Gasteiger partial charge in [0, 0.05) is 36.3 Å². The molecule has 1 unspecified atom stereocenters. The molecule has 7 heteroatoms. The minimum atomic E-state index is -0.589. The van der Waals surface area contributed by atoms with E-state index in [1.54, 1.807) is 33.9 Å². The van der Waals surface area contributed by atoms with Crippen molar-refractivity contribution >= 4 is 17.1 Å². The Kier molecular flexibility index (Phi) is 4.55. The summed E-state index contributed by atoms with van der Waals surface area (Å²) in [5.41, 5.74) is 3.05. The van der Waals surface area contributed by atoms with Crippen LogP contribution >= 0.6 is 0 Å². The highest BCUT2D eigenvalue weighted by molar-refractivity contribution is 6.02. The van der Waals surface area contributed by atoms with Crippen LogP contribution in [-0.4, -0.2) is 27.0 Å². The van der Waals surface area contributed by atoms with E-state index in [0.717, 1.165) is 16.6 Å². The zero-order valence-corrected chi connectivity index (χ0v) is 14.7. The third-order valence-corrected chi connectivity index (χ3v) is 4.55. The largest absolute Gasteiger partial charge is 0.309 e. The highest BCUT2D eigenvalue weighted by Crippen LogP contribution is 2.31. The monoisotopic (exact) mass is 363 g/mol. The van der Waals surface area contributed by atoms with Gasteiger partial charge in [0.05, 0.1) is 17.3 Å². The van der Waals surface area contributed by atoms with Crippen molar-refractivity contribution in [2.24, 2.45) is 5.92 Å². The summed E-state index contributed by atoms with van der Waals surface area (Å²) < 4.78 is 14.7. The summed E-state index contributed by atoms with van der Waals surface area (Å²) in [6.07, 6.45) is 9.90. The second kappa shape index (κ2) is 7.16. The van der Waals surface area contributed by atoms with Gasteiger partial charge in [-0.3, -0.25) is 4.79 Å². The molecule has 2 fully saturated rings. The summed E-state index contributed by atoms with van der Waals surface area (Å²) in [7, 11) is 0. The molecule has 4 heterocycles. The lowest BCUT2D eigenvalue weighted by atomic mass is 10.1. The van der Waals surface area contributed by atoms with Gasteiger partial charge in [0.15, 0.2) is 0 Å². The summed E-state index contributed by atoms with van der Waals surface area (Å²) in [5.74, 6) is -1.31. The number of amides is 1. The quantitative estimate of drug-likeness (QED) is 0.652. The van der Waals surface area contributed by atoms with E-state index in [2.05, 4.69) is 10.1 Å². The molecule has 3 aromatic rings. The first-order chi connectivity index (χ1) is 13.2. The number of nitriles is 1. The summed E-state index contributed by atoms with van der Waals surface area (Å²) in [6, 6.07) is 8.62. The van der Waals surface area contributed by atoms with E-state index in [1.807, 2.05) is 12.1 Å². The molecule has 1 aliphatic carbocycles. The predicted octanol–water partition coefficient (Wildman–Crippen LogP) is 3.58. The fourth-order valence-electron chi connectivity index (χ4n) is 2.97. The molecule has 136 valence electrons. The number of hydrogen-bond acceptors (Lipinski definition) is 4. The van der Waals surface area contributed by atoms with Crippen LogP contribution in [0.1, 0.15) is 25.7 Å². The molecule has 0 spiro atoms. The number of anilines is 1. The Morgan fingerprint density at radius 3 is 2.63 bits per heavy atom. The van der Waals surface area contributed by atoms with E-state index >= 15 is 0 Å². The zero-order chi connectivity index (χ0) is 18.8. The number of aromatic nitrogens is 3. The average molecular weight is 363 g/mol. The highest BCUT2D eigenvalue weighted by Gasteiger charge is 2.33. The number of pyridine rings is 1. The number of halogens is 1. The number of carbonyl (C=O) groups is 1. The molecule has 1 saturated carbocycles. The fraction of sp³-hybridized carbons (Fsp3) is 0.300. The normalized spacial score (nSPS) is 18.1. The van der Waals surface area contributed by atoms with Crippen LogP contribution in [0.2, 0.25) is 0 Å². The van der Waals surface area contributed by atoms with Gasteiger partial charge in [-0.15, -0.1) is 0 Å². The van der Waals surface area contributed by atoms with Crippen LogP contribution in [0.3, 0.4) is 0 Å². The lowest BCUT2D eigenvalue weighted by Crippen LogP contribution is -2.27. The molecule has 0 radical (unpaired) electrons. The molecule has 0 N–H and O–H groups in total. The molecular weight excluding hydrogens is 345 g/mol. The van der Waals surface area contributed by atoms with Gasteiger partial charge >= 0.3 is 0 Å². The highest BCUT2D eigenvalue weighted by atomic mass is 19.1. The number of fused-ring (bicyclic) bond motifs is 1. The molecular formula is C20H18FN5O. The summed E-state index contributed by atoms with van der Waals surface area (Å²) >= 11 is 0. The minimum Gasteiger partial charge on any atom is -0.309 e. The summed E-state index contributed by atoms with van der Waals surface area (Å²) in [6.45, 7) is 0.509. The smallest absolute Gasteiger partial charge is 0.244 e. The van der Waals surface area contributed by atoms with Crippen molar-refractivity contribution < 1.29 is 9.18 Å². The van der Waals surface area contributed by atoms with Crippen LogP contribution in [0, 0.1) is 23.2 Å². The lowest BCUT2D eigenvalue weighted by molar-refractivity contribution is -0.118. The van der Waals surface area contributed by atoms with Crippen LogP contribution in [0.5, 0.6) is 0 Å². The topological polar surface area (TPSA) is 74.3 Å². The van der Waals surface area contributed by atoms with E-state index in [4.69, 9.17) is 5.26 Å². The SMILES string of the molecule is C1CC1.N#CC1CCN(c2ccnn3cc(-c4ccc(F)nc4)cc23)C1=O. The van der Waals surface area contributed by atoms with Crippen LogP contribution in [0.15, 0.2) is 42.9 Å². The number of rotatable bonds is 2. The van der Waals surface area contributed by atoms with Gasteiger partial charge in [-0.05, 0) is 30.7 Å².